The Morgan fingerprint density at radius 3 is 2.68 bits per heavy atom. The van der Waals surface area contributed by atoms with Gasteiger partial charge in [-0.05, 0) is 35.8 Å². The molecule has 104 valence electrons. The minimum absolute atomic E-state index is 0.305. The molecule has 0 amide bonds. The highest BCUT2D eigenvalue weighted by Gasteiger charge is 2.20. The van der Waals surface area contributed by atoms with Crippen LogP contribution in [0.5, 0.6) is 0 Å². The second kappa shape index (κ2) is 5.83. The largest absolute Gasteiger partial charge is 0.332 e. The molecule has 0 aliphatic rings. The summed E-state index contributed by atoms with van der Waals surface area (Å²) in [6, 6.07) is 0.305. The van der Waals surface area contributed by atoms with Gasteiger partial charge in [0.25, 0.3) is 5.89 Å². The highest BCUT2D eigenvalue weighted by Crippen LogP contribution is 2.31. The van der Waals surface area contributed by atoms with Crippen LogP contribution < -0.4 is 5.32 Å². The average molecular weight is 328 g/mol. The van der Waals surface area contributed by atoms with E-state index in [1.54, 1.807) is 0 Å². The Kier molecular flexibility index (Phi) is 4.36. The van der Waals surface area contributed by atoms with Crippen molar-refractivity contribution in [1.29, 1.82) is 0 Å². The number of H-pyrrole nitrogens is 1. The van der Waals surface area contributed by atoms with E-state index in [9.17, 15) is 0 Å². The van der Waals surface area contributed by atoms with E-state index in [0.29, 0.717) is 29.4 Å². The van der Waals surface area contributed by atoms with Crippen molar-refractivity contribution in [3.8, 4) is 11.6 Å². The predicted octanol–water partition coefficient (Wildman–Crippen LogP) is 2.50. The Morgan fingerprint density at radius 2 is 2.11 bits per heavy atom. The molecule has 0 aromatic carbocycles. The number of aromatic amines is 1. The molecule has 0 aliphatic carbocycles. The molecule has 2 aromatic rings. The van der Waals surface area contributed by atoms with Crippen molar-refractivity contribution in [1.82, 2.24) is 25.7 Å². The van der Waals surface area contributed by atoms with Gasteiger partial charge in [0, 0.05) is 12.5 Å². The van der Waals surface area contributed by atoms with Crippen molar-refractivity contribution in [3.63, 3.8) is 0 Å². The minimum atomic E-state index is 0.305. The van der Waals surface area contributed by atoms with Crippen LogP contribution in [0.4, 0.5) is 0 Å². The van der Waals surface area contributed by atoms with Crippen LogP contribution in [0.3, 0.4) is 0 Å². The number of nitrogens with zero attached hydrogens (tertiary/aromatic N) is 3. The van der Waals surface area contributed by atoms with Gasteiger partial charge in [0.05, 0.1) is 10.2 Å². The molecule has 0 saturated carbocycles. The lowest BCUT2D eigenvalue weighted by molar-refractivity contribution is 0.417. The summed E-state index contributed by atoms with van der Waals surface area (Å²) < 4.78 is 6.16. The molecule has 6 nitrogen and oxygen atoms in total. The van der Waals surface area contributed by atoms with Crippen LogP contribution >= 0.6 is 15.9 Å². The van der Waals surface area contributed by atoms with Crippen molar-refractivity contribution in [2.75, 3.05) is 7.05 Å². The normalized spacial score (nSPS) is 13.2. The quantitative estimate of drug-likeness (QED) is 0.881. The van der Waals surface area contributed by atoms with Crippen LogP contribution in [0.15, 0.2) is 9.00 Å². The fourth-order valence-electron chi connectivity index (χ4n) is 1.68. The smallest absolute Gasteiger partial charge is 0.279 e. The number of halogens is 1. The van der Waals surface area contributed by atoms with Gasteiger partial charge in [-0.3, -0.25) is 5.10 Å². The third kappa shape index (κ3) is 3.03. The first-order valence-electron chi connectivity index (χ1n) is 6.26. The first-order valence-corrected chi connectivity index (χ1v) is 7.06. The molecule has 0 spiro atoms. The Balaban J connectivity index is 2.23. The van der Waals surface area contributed by atoms with Gasteiger partial charge in [-0.1, -0.05) is 19.0 Å². The average Bonchev–Trinajstić information content (AvgIpc) is 2.95. The molecule has 0 aliphatic heterocycles. The predicted molar refractivity (Wildman–Crippen MR) is 75.9 cm³/mol. The summed E-state index contributed by atoms with van der Waals surface area (Å²) in [6.07, 6.45) is 0.721. The lowest BCUT2D eigenvalue weighted by atomic mass is 10.1. The number of rotatable bonds is 5. The Morgan fingerprint density at radius 1 is 1.37 bits per heavy atom. The molecule has 0 bridgehead atoms. The van der Waals surface area contributed by atoms with Crippen molar-refractivity contribution >= 4 is 15.9 Å². The van der Waals surface area contributed by atoms with Gasteiger partial charge >= 0.3 is 0 Å². The molecule has 1 unspecified atom stereocenters. The summed E-state index contributed by atoms with van der Waals surface area (Å²) in [7, 11) is 1.91. The molecule has 19 heavy (non-hydrogen) atoms. The zero-order valence-corrected chi connectivity index (χ0v) is 13.1. The van der Waals surface area contributed by atoms with Gasteiger partial charge in [0.1, 0.15) is 0 Å². The Labute approximate surface area is 120 Å². The molecule has 0 fully saturated rings. The molecule has 2 heterocycles. The van der Waals surface area contributed by atoms with Gasteiger partial charge in [-0.2, -0.15) is 10.1 Å². The third-order valence-electron chi connectivity index (χ3n) is 2.96. The number of nitrogens with one attached hydrogen (secondary N) is 2. The lowest BCUT2D eigenvalue weighted by Gasteiger charge is -2.04. The number of likely N-dealkylation sites (N-methyl/N-ethyl adjacent to an activating group) is 1. The summed E-state index contributed by atoms with van der Waals surface area (Å²) >= 11 is 3.53. The van der Waals surface area contributed by atoms with Crippen molar-refractivity contribution in [2.24, 2.45) is 0 Å². The van der Waals surface area contributed by atoms with Gasteiger partial charge in [0.2, 0.25) is 0 Å². The van der Waals surface area contributed by atoms with Crippen molar-refractivity contribution in [3.05, 3.63) is 16.0 Å². The highest BCUT2D eigenvalue weighted by molar-refractivity contribution is 9.10. The molecule has 2 aromatic heterocycles. The standard InChI is InChI=1S/C12H18BrN5O/c1-6(2)10-9(13)11(17-16-10)12-15-8(18-19-12)5-7(3)14-4/h6-7,14H,5H2,1-4H3,(H,16,17). The number of hydrogen-bond acceptors (Lipinski definition) is 5. The van der Waals surface area contributed by atoms with Crippen LogP contribution in [0, 0.1) is 0 Å². The zero-order valence-electron chi connectivity index (χ0n) is 11.5. The van der Waals surface area contributed by atoms with Gasteiger partial charge < -0.3 is 9.84 Å². The Hall–Kier alpha value is -1.21. The van der Waals surface area contributed by atoms with Crippen molar-refractivity contribution in [2.45, 2.75) is 39.2 Å². The maximum atomic E-state index is 5.27. The molecular weight excluding hydrogens is 310 g/mol. The summed E-state index contributed by atoms with van der Waals surface area (Å²) in [5, 5.41) is 14.3. The molecular formula is C12H18BrN5O. The van der Waals surface area contributed by atoms with E-state index in [1.807, 2.05) is 7.05 Å². The molecule has 0 radical (unpaired) electrons. The summed E-state index contributed by atoms with van der Waals surface area (Å²) in [4.78, 5) is 4.37. The minimum Gasteiger partial charge on any atom is -0.332 e. The SMILES string of the molecule is CNC(C)Cc1noc(-c2n[nH]c(C(C)C)c2Br)n1. The van der Waals surface area contributed by atoms with Crippen LogP contribution in [0.1, 0.15) is 38.2 Å². The van der Waals surface area contributed by atoms with E-state index in [4.69, 9.17) is 4.52 Å². The van der Waals surface area contributed by atoms with Crippen LogP contribution in [-0.2, 0) is 6.42 Å². The van der Waals surface area contributed by atoms with Gasteiger partial charge in [-0.15, -0.1) is 0 Å². The first kappa shape index (κ1) is 14.2. The molecule has 2 rings (SSSR count). The summed E-state index contributed by atoms with van der Waals surface area (Å²) in [5.74, 6) is 1.47. The van der Waals surface area contributed by atoms with E-state index in [2.05, 4.69) is 62.4 Å². The second-order valence-electron chi connectivity index (χ2n) is 4.86. The molecule has 1 atom stereocenters. The van der Waals surface area contributed by atoms with Gasteiger partial charge in [0.15, 0.2) is 11.5 Å². The number of aromatic nitrogens is 4. The van der Waals surface area contributed by atoms with Crippen molar-refractivity contribution < 1.29 is 4.52 Å². The molecule has 0 saturated heterocycles. The van der Waals surface area contributed by atoms with Crippen LogP contribution in [0.2, 0.25) is 0 Å². The van der Waals surface area contributed by atoms with Crippen LogP contribution in [-0.4, -0.2) is 33.4 Å². The van der Waals surface area contributed by atoms with Crippen LogP contribution in [0.25, 0.3) is 11.6 Å². The first-order chi connectivity index (χ1) is 9.02. The Bertz CT molecular complexity index is 548. The monoisotopic (exact) mass is 327 g/mol. The maximum Gasteiger partial charge on any atom is 0.279 e. The van der Waals surface area contributed by atoms with E-state index in [1.165, 1.54) is 0 Å². The maximum absolute atomic E-state index is 5.27. The fraction of sp³-hybridized carbons (Fsp3) is 0.583. The van der Waals surface area contributed by atoms with E-state index in [-0.39, 0.29) is 0 Å². The van der Waals surface area contributed by atoms with E-state index in [0.717, 1.165) is 16.6 Å². The lowest BCUT2D eigenvalue weighted by Crippen LogP contribution is -2.24. The fourth-order valence-corrected chi connectivity index (χ4v) is 2.48. The summed E-state index contributed by atoms with van der Waals surface area (Å²) in [5.41, 5.74) is 1.69. The topological polar surface area (TPSA) is 79.6 Å². The molecule has 2 N–H and O–H groups in total. The third-order valence-corrected chi connectivity index (χ3v) is 3.76. The zero-order chi connectivity index (χ0) is 14.0. The summed E-state index contributed by atoms with van der Waals surface area (Å²) in [6.45, 7) is 6.25. The molecule has 7 heteroatoms. The number of hydrogen-bond donors (Lipinski definition) is 2. The van der Waals surface area contributed by atoms with E-state index < -0.39 is 0 Å². The second-order valence-corrected chi connectivity index (χ2v) is 5.66. The highest BCUT2D eigenvalue weighted by atomic mass is 79.9. The van der Waals surface area contributed by atoms with E-state index >= 15 is 0 Å². The van der Waals surface area contributed by atoms with Gasteiger partial charge in [-0.25, -0.2) is 0 Å².